The van der Waals surface area contributed by atoms with Gasteiger partial charge in [0.15, 0.2) is 11.5 Å². The number of benzene rings is 2. The lowest BCUT2D eigenvalue weighted by molar-refractivity contribution is -0.0391. The summed E-state index contributed by atoms with van der Waals surface area (Å²) in [5.74, 6) is 1.73. The van der Waals surface area contributed by atoms with E-state index in [4.69, 9.17) is 14.2 Å². The van der Waals surface area contributed by atoms with Gasteiger partial charge in [-0.3, -0.25) is 4.72 Å². The molecule has 1 heterocycles. The van der Waals surface area contributed by atoms with E-state index < -0.39 is 10.0 Å². The summed E-state index contributed by atoms with van der Waals surface area (Å²) in [4.78, 5) is 0. The predicted octanol–water partition coefficient (Wildman–Crippen LogP) is 4.22. The Morgan fingerprint density at radius 1 is 1.00 bits per heavy atom. The summed E-state index contributed by atoms with van der Waals surface area (Å²) in [7, 11) is -0.0707. The van der Waals surface area contributed by atoms with Crippen molar-refractivity contribution in [2.75, 3.05) is 25.2 Å². The number of hydrogen-bond acceptors (Lipinski definition) is 5. The van der Waals surface area contributed by atoms with Crippen LogP contribution in [-0.2, 0) is 14.8 Å². The smallest absolute Gasteiger partial charge is 0.229 e. The van der Waals surface area contributed by atoms with Crippen LogP contribution in [0.1, 0.15) is 54.4 Å². The van der Waals surface area contributed by atoms with E-state index in [0.29, 0.717) is 17.4 Å². The second kappa shape index (κ2) is 7.88. The molecule has 0 unspecified atom stereocenters. The standard InChI is InChI=1S/C22H27NO5S/c1-26-20-12-17-16-9-4-5-10-19(16)28-22(18(17)13-21(20)27-2)14-7-6-8-15(11-14)23-29(3,24)25/h6-8,11-13,16,19,22-23H,4-5,9-10H2,1-3H3/t16-,19-,22-/m1/s1. The Balaban J connectivity index is 1.81. The SMILES string of the molecule is COc1cc2c(cc1OC)[C@H]1CCCC[C@H]1O[C@@H]2c1cccc(NS(C)(=O)=O)c1. The van der Waals surface area contributed by atoms with Gasteiger partial charge in [0, 0.05) is 11.6 Å². The molecule has 0 bridgehead atoms. The van der Waals surface area contributed by atoms with Crippen LogP contribution in [0.25, 0.3) is 0 Å². The Morgan fingerprint density at radius 3 is 2.38 bits per heavy atom. The van der Waals surface area contributed by atoms with Crippen LogP contribution in [0.15, 0.2) is 36.4 Å². The van der Waals surface area contributed by atoms with Crippen molar-refractivity contribution in [3.63, 3.8) is 0 Å². The van der Waals surface area contributed by atoms with Gasteiger partial charge in [-0.15, -0.1) is 0 Å². The highest BCUT2D eigenvalue weighted by atomic mass is 32.2. The zero-order valence-electron chi connectivity index (χ0n) is 17.0. The third kappa shape index (κ3) is 4.07. The molecule has 0 aromatic heterocycles. The topological polar surface area (TPSA) is 73.9 Å². The number of nitrogens with one attached hydrogen (secondary N) is 1. The zero-order valence-corrected chi connectivity index (χ0v) is 17.8. The van der Waals surface area contributed by atoms with Gasteiger partial charge in [0.25, 0.3) is 0 Å². The maximum Gasteiger partial charge on any atom is 0.229 e. The fourth-order valence-corrected chi connectivity index (χ4v) is 5.11. The first kappa shape index (κ1) is 20.0. The van der Waals surface area contributed by atoms with Gasteiger partial charge in [-0.05, 0) is 53.8 Å². The van der Waals surface area contributed by atoms with E-state index >= 15 is 0 Å². The van der Waals surface area contributed by atoms with Crippen molar-refractivity contribution in [1.82, 2.24) is 0 Å². The van der Waals surface area contributed by atoms with Gasteiger partial charge in [-0.1, -0.05) is 25.0 Å². The molecule has 1 N–H and O–H groups in total. The van der Waals surface area contributed by atoms with Gasteiger partial charge in [-0.2, -0.15) is 0 Å². The molecule has 29 heavy (non-hydrogen) atoms. The van der Waals surface area contributed by atoms with Crippen LogP contribution in [-0.4, -0.2) is 35.0 Å². The average Bonchev–Trinajstić information content (AvgIpc) is 2.71. The summed E-state index contributed by atoms with van der Waals surface area (Å²) in [6.07, 6.45) is 5.47. The molecule has 3 atom stereocenters. The summed E-state index contributed by atoms with van der Waals surface area (Å²) in [5, 5.41) is 0. The molecule has 156 valence electrons. The minimum Gasteiger partial charge on any atom is -0.493 e. The van der Waals surface area contributed by atoms with Crippen molar-refractivity contribution < 1.29 is 22.6 Å². The first-order valence-corrected chi connectivity index (χ1v) is 11.8. The molecule has 1 aliphatic heterocycles. The molecule has 1 saturated carbocycles. The third-order valence-corrected chi connectivity index (χ3v) is 6.38. The molecular weight excluding hydrogens is 390 g/mol. The van der Waals surface area contributed by atoms with E-state index in [1.807, 2.05) is 24.3 Å². The second-order valence-electron chi connectivity index (χ2n) is 7.78. The summed E-state index contributed by atoms with van der Waals surface area (Å²) >= 11 is 0. The molecule has 7 heteroatoms. The zero-order chi connectivity index (χ0) is 20.6. The van der Waals surface area contributed by atoms with E-state index in [2.05, 4.69) is 10.8 Å². The van der Waals surface area contributed by atoms with E-state index in [0.717, 1.165) is 42.4 Å². The maximum atomic E-state index is 11.7. The minimum absolute atomic E-state index is 0.144. The Kier molecular flexibility index (Phi) is 5.44. The molecule has 0 radical (unpaired) electrons. The number of methoxy groups -OCH3 is 2. The van der Waals surface area contributed by atoms with Crippen molar-refractivity contribution in [2.45, 2.75) is 43.8 Å². The van der Waals surface area contributed by atoms with Crippen molar-refractivity contribution in [3.05, 3.63) is 53.1 Å². The highest BCUT2D eigenvalue weighted by Gasteiger charge is 2.38. The monoisotopic (exact) mass is 417 g/mol. The molecule has 1 fully saturated rings. The minimum atomic E-state index is -3.35. The highest BCUT2D eigenvalue weighted by molar-refractivity contribution is 7.92. The van der Waals surface area contributed by atoms with E-state index in [1.165, 1.54) is 12.0 Å². The largest absolute Gasteiger partial charge is 0.493 e. The lowest BCUT2D eigenvalue weighted by Gasteiger charge is -2.41. The fraction of sp³-hybridized carbons (Fsp3) is 0.455. The molecule has 2 aromatic carbocycles. The lowest BCUT2D eigenvalue weighted by atomic mass is 9.76. The fourth-order valence-electron chi connectivity index (χ4n) is 4.56. The molecule has 2 aliphatic rings. The van der Waals surface area contributed by atoms with Gasteiger partial charge in [0.2, 0.25) is 10.0 Å². The van der Waals surface area contributed by atoms with E-state index in [9.17, 15) is 8.42 Å². The highest BCUT2D eigenvalue weighted by Crippen LogP contribution is 2.49. The molecule has 4 rings (SSSR count). The molecule has 2 aromatic rings. The van der Waals surface area contributed by atoms with Gasteiger partial charge >= 0.3 is 0 Å². The number of anilines is 1. The van der Waals surface area contributed by atoms with Crippen molar-refractivity contribution in [1.29, 1.82) is 0 Å². The summed E-state index contributed by atoms with van der Waals surface area (Å²) in [5.41, 5.74) is 3.74. The normalized spacial score (nSPS) is 23.6. The van der Waals surface area contributed by atoms with Crippen LogP contribution in [0.5, 0.6) is 11.5 Å². The van der Waals surface area contributed by atoms with Crippen molar-refractivity contribution >= 4 is 15.7 Å². The van der Waals surface area contributed by atoms with Crippen LogP contribution in [0.2, 0.25) is 0 Å². The van der Waals surface area contributed by atoms with Gasteiger partial charge in [0.05, 0.1) is 26.6 Å². The second-order valence-corrected chi connectivity index (χ2v) is 9.53. The number of hydrogen-bond donors (Lipinski definition) is 1. The van der Waals surface area contributed by atoms with Crippen molar-refractivity contribution in [2.24, 2.45) is 0 Å². The Morgan fingerprint density at radius 2 is 1.69 bits per heavy atom. The first-order chi connectivity index (χ1) is 13.9. The van der Waals surface area contributed by atoms with Crippen LogP contribution < -0.4 is 14.2 Å². The molecule has 1 aliphatic carbocycles. The lowest BCUT2D eigenvalue weighted by Crippen LogP contribution is -2.33. The molecule has 0 amide bonds. The van der Waals surface area contributed by atoms with Crippen LogP contribution in [0.4, 0.5) is 5.69 Å². The van der Waals surface area contributed by atoms with Crippen molar-refractivity contribution in [3.8, 4) is 11.5 Å². The number of ether oxygens (including phenoxy) is 3. The Bertz CT molecular complexity index is 1000. The number of sulfonamides is 1. The predicted molar refractivity (Wildman–Crippen MR) is 112 cm³/mol. The van der Waals surface area contributed by atoms with Gasteiger partial charge in [-0.25, -0.2) is 8.42 Å². The summed E-state index contributed by atoms with van der Waals surface area (Å²) in [6.45, 7) is 0. The van der Waals surface area contributed by atoms with E-state index in [1.54, 1.807) is 20.3 Å². The van der Waals surface area contributed by atoms with Crippen LogP contribution in [0, 0.1) is 0 Å². The molecule has 0 saturated heterocycles. The number of rotatable bonds is 5. The van der Waals surface area contributed by atoms with Gasteiger partial charge < -0.3 is 14.2 Å². The van der Waals surface area contributed by atoms with Crippen LogP contribution in [0.3, 0.4) is 0 Å². The average molecular weight is 418 g/mol. The molecular formula is C22H27NO5S. The molecule has 6 nitrogen and oxygen atoms in total. The Labute approximate surface area is 172 Å². The summed E-state index contributed by atoms with van der Waals surface area (Å²) < 4.78 is 43.5. The molecule has 0 spiro atoms. The third-order valence-electron chi connectivity index (χ3n) is 5.78. The summed E-state index contributed by atoms with van der Waals surface area (Å²) in [6, 6.07) is 11.5. The Hall–Kier alpha value is -2.25. The van der Waals surface area contributed by atoms with E-state index in [-0.39, 0.29) is 12.2 Å². The first-order valence-electron chi connectivity index (χ1n) is 9.88. The quantitative estimate of drug-likeness (QED) is 0.788. The maximum absolute atomic E-state index is 11.7. The van der Waals surface area contributed by atoms with Crippen LogP contribution >= 0.6 is 0 Å². The number of fused-ring (bicyclic) bond motifs is 3. The van der Waals surface area contributed by atoms with Gasteiger partial charge in [0.1, 0.15) is 6.10 Å².